The fraction of sp³-hybridized carbons (Fsp3) is 0. The zero-order chi connectivity index (χ0) is 10.2. The van der Waals surface area contributed by atoms with Crippen molar-refractivity contribution in [2.75, 3.05) is 0 Å². The van der Waals surface area contributed by atoms with Crippen molar-refractivity contribution >= 4 is 17.6 Å². The van der Waals surface area contributed by atoms with Gasteiger partial charge in [0.25, 0.3) is 0 Å². The third-order valence-corrected chi connectivity index (χ3v) is 1.59. The van der Waals surface area contributed by atoms with E-state index in [2.05, 4.69) is 0 Å². The van der Waals surface area contributed by atoms with E-state index in [0.29, 0.717) is 6.07 Å². The Kier molecular flexibility index (Phi) is 2.56. The first-order chi connectivity index (χ1) is 5.95. The Balaban J connectivity index is 3.50. The summed E-state index contributed by atoms with van der Waals surface area (Å²) in [4.78, 5) is 10.0. The molecule has 0 saturated carbocycles. The third kappa shape index (κ3) is 1.65. The monoisotopic (exact) mass is 212 g/mol. The lowest BCUT2D eigenvalue weighted by molar-refractivity contribution is 0.0830. The van der Waals surface area contributed by atoms with Crippen LogP contribution in [0.15, 0.2) is 6.07 Å². The van der Waals surface area contributed by atoms with Gasteiger partial charge in [0.05, 0.1) is 10.6 Å². The van der Waals surface area contributed by atoms with E-state index in [0.717, 1.165) is 0 Å². The van der Waals surface area contributed by atoms with Crippen LogP contribution in [0.4, 0.5) is 17.6 Å². The van der Waals surface area contributed by atoms with Crippen LogP contribution in [0.5, 0.6) is 0 Å². The fourth-order valence-corrected chi connectivity index (χ4v) is 0.908. The summed E-state index contributed by atoms with van der Waals surface area (Å²) in [5.74, 6) is -5.49. The highest BCUT2D eigenvalue weighted by Gasteiger charge is 2.21. The molecule has 0 bridgehead atoms. The highest BCUT2D eigenvalue weighted by molar-refractivity contribution is 6.31. The number of hydrogen-bond donors (Lipinski definition) is 0. The van der Waals surface area contributed by atoms with Crippen LogP contribution in [0.1, 0.15) is 10.4 Å². The standard InChI is InChI=1S/C7HClF4O/c8-3-1-2(7(12)13)4(9)6(11)5(3)10/h1H. The number of hydrogen-bond acceptors (Lipinski definition) is 1. The molecule has 0 radical (unpaired) electrons. The zero-order valence-electron chi connectivity index (χ0n) is 5.88. The summed E-state index contributed by atoms with van der Waals surface area (Å²) in [6.45, 7) is 0. The van der Waals surface area contributed by atoms with Gasteiger partial charge >= 0.3 is 6.04 Å². The average Bonchev–Trinajstić information content (AvgIpc) is 2.07. The molecule has 0 aliphatic rings. The summed E-state index contributed by atoms with van der Waals surface area (Å²) >= 11 is 5.03. The van der Waals surface area contributed by atoms with Crippen LogP contribution in [-0.2, 0) is 0 Å². The van der Waals surface area contributed by atoms with Crippen LogP contribution < -0.4 is 0 Å². The molecule has 6 heteroatoms. The Hall–Kier alpha value is -1.10. The second kappa shape index (κ2) is 3.33. The van der Waals surface area contributed by atoms with E-state index in [9.17, 15) is 22.4 Å². The number of carbonyl (C=O) groups excluding carboxylic acids is 1. The van der Waals surface area contributed by atoms with Gasteiger partial charge in [-0.05, 0) is 6.07 Å². The second-order valence-electron chi connectivity index (χ2n) is 2.12. The van der Waals surface area contributed by atoms with Gasteiger partial charge in [0, 0.05) is 0 Å². The summed E-state index contributed by atoms with van der Waals surface area (Å²) in [6, 6.07) is -1.82. The molecular formula is C7HClF4O. The zero-order valence-corrected chi connectivity index (χ0v) is 6.63. The molecule has 0 aliphatic carbocycles. The van der Waals surface area contributed by atoms with E-state index in [1.165, 1.54) is 0 Å². The minimum atomic E-state index is -2.21. The Morgan fingerprint density at radius 2 is 1.69 bits per heavy atom. The molecule has 0 spiro atoms. The Morgan fingerprint density at radius 3 is 2.15 bits per heavy atom. The molecule has 0 atom stereocenters. The van der Waals surface area contributed by atoms with Crippen molar-refractivity contribution in [2.24, 2.45) is 0 Å². The van der Waals surface area contributed by atoms with E-state index in [4.69, 9.17) is 11.6 Å². The maximum atomic E-state index is 12.6. The maximum Gasteiger partial charge on any atom is 0.335 e. The molecule has 1 aromatic carbocycles. The first-order valence-corrected chi connectivity index (χ1v) is 3.35. The molecule has 0 saturated heterocycles. The topological polar surface area (TPSA) is 17.1 Å². The van der Waals surface area contributed by atoms with Crippen molar-refractivity contribution in [2.45, 2.75) is 0 Å². The van der Waals surface area contributed by atoms with Gasteiger partial charge in [-0.2, -0.15) is 4.39 Å². The Morgan fingerprint density at radius 1 is 1.15 bits per heavy atom. The largest absolute Gasteiger partial charge is 0.335 e. The molecule has 0 aromatic heterocycles. The smallest absolute Gasteiger partial charge is 0.255 e. The predicted molar refractivity (Wildman–Crippen MR) is 36.8 cm³/mol. The van der Waals surface area contributed by atoms with Gasteiger partial charge in [-0.15, -0.1) is 0 Å². The normalized spacial score (nSPS) is 10.2. The average molecular weight is 213 g/mol. The van der Waals surface area contributed by atoms with Crippen LogP contribution in [0.3, 0.4) is 0 Å². The lowest BCUT2D eigenvalue weighted by Crippen LogP contribution is -2.02. The molecule has 0 fully saturated rings. The first kappa shape index (κ1) is 9.98. The summed E-state index contributed by atoms with van der Waals surface area (Å²) < 4.78 is 49.4. The van der Waals surface area contributed by atoms with Crippen LogP contribution in [0, 0.1) is 17.5 Å². The van der Waals surface area contributed by atoms with E-state index in [1.54, 1.807) is 0 Å². The molecule has 13 heavy (non-hydrogen) atoms. The lowest BCUT2D eigenvalue weighted by Gasteiger charge is -2.00. The van der Waals surface area contributed by atoms with Crippen LogP contribution in [0.25, 0.3) is 0 Å². The first-order valence-electron chi connectivity index (χ1n) is 2.98. The molecule has 0 unspecified atom stereocenters. The van der Waals surface area contributed by atoms with Gasteiger partial charge in [0.15, 0.2) is 17.5 Å². The summed E-state index contributed by atoms with van der Waals surface area (Å²) in [6.07, 6.45) is 0. The Labute approximate surface area is 74.9 Å². The summed E-state index contributed by atoms with van der Waals surface area (Å²) in [7, 11) is 0. The van der Waals surface area contributed by atoms with Gasteiger partial charge in [0.2, 0.25) is 0 Å². The highest BCUT2D eigenvalue weighted by atomic mass is 35.5. The van der Waals surface area contributed by atoms with Gasteiger partial charge in [0.1, 0.15) is 0 Å². The van der Waals surface area contributed by atoms with Crippen molar-refractivity contribution in [1.29, 1.82) is 0 Å². The Bertz CT molecular complexity index is 377. The molecule has 0 N–H and O–H groups in total. The number of carbonyl (C=O) groups is 1. The van der Waals surface area contributed by atoms with Crippen molar-refractivity contribution in [3.8, 4) is 0 Å². The molecule has 1 rings (SSSR count). The van der Waals surface area contributed by atoms with E-state index < -0.39 is 34.1 Å². The number of rotatable bonds is 1. The molecule has 0 amide bonds. The molecule has 1 aromatic rings. The second-order valence-corrected chi connectivity index (χ2v) is 2.53. The molecule has 1 nitrogen and oxygen atoms in total. The number of halogens is 5. The predicted octanol–water partition coefficient (Wildman–Crippen LogP) is 2.87. The van der Waals surface area contributed by atoms with Crippen LogP contribution in [-0.4, -0.2) is 6.04 Å². The van der Waals surface area contributed by atoms with E-state index in [-0.39, 0.29) is 0 Å². The molecule has 0 aliphatic heterocycles. The third-order valence-electron chi connectivity index (χ3n) is 1.31. The van der Waals surface area contributed by atoms with Gasteiger partial charge in [-0.3, -0.25) is 4.79 Å². The highest BCUT2D eigenvalue weighted by Crippen LogP contribution is 2.23. The van der Waals surface area contributed by atoms with E-state index >= 15 is 0 Å². The lowest BCUT2D eigenvalue weighted by atomic mass is 10.2. The number of benzene rings is 1. The summed E-state index contributed by atoms with van der Waals surface area (Å²) in [5, 5.41) is -0.847. The van der Waals surface area contributed by atoms with Crippen molar-refractivity contribution < 1.29 is 22.4 Å². The van der Waals surface area contributed by atoms with E-state index in [1.807, 2.05) is 0 Å². The quantitative estimate of drug-likeness (QED) is 0.303. The van der Waals surface area contributed by atoms with Crippen LogP contribution in [0.2, 0.25) is 5.02 Å². The molecule has 70 valence electrons. The van der Waals surface area contributed by atoms with Gasteiger partial charge < -0.3 is 0 Å². The van der Waals surface area contributed by atoms with Crippen molar-refractivity contribution in [3.05, 3.63) is 34.1 Å². The maximum absolute atomic E-state index is 12.6. The van der Waals surface area contributed by atoms with Crippen molar-refractivity contribution in [3.63, 3.8) is 0 Å². The SMILES string of the molecule is O=C(F)c1cc(Cl)c(F)c(F)c1F. The minimum Gasteiger partial charge on any atom is -0.255 e. The molecular weight excluding hydrogens is 212 g/mol. The molecule has 0 heterocycles. The van der Waals surface area contributed by atoms with Crippen molar-refractivity contribution in [1.82, 2.24) is 0 Å². The fourth-order valence-electron chi connectivity index (χ4n) is 0.716. The van der Waals surface area contributed by atoms with Gasteiger partial charge in [-0.1, -0.05) is 11.6 Å². The van der Waals surface area contributed by atoms with Crippen LogP contribution >= 0.6 is 11.6 Å². The minimum absolute atomic E-state index is 0.387. The van der Waals surface area contributed by atoms with Gasteiger partial charge in [-0.25, -0.2) is 13.2 Å². The summed E-state index contributed by atoms with van der Waals surface area (Å²) in [5.41, 5.74) is -1.22.